The molecule has 8 heteroatoms. The van der Waals surface area contributed by atoms with Crippen molar-refractivity contribution in [1.29, 1.82) is 0 Å². The van der Waals surface area contributed by atoms with Gasteiger partial charge in [0.25, 0.3) is 5.91 Å². The van der Waals surface area contributed by atoms with Crippen LogP contribution in [0.15, 0.2) is 47.1 Å². The normalized spacial score (nSPS) is 15.6. The molecule has 0 saturated heterocycles. The number of hydrogen-bond donors (Lipinski definition) is 1. The Morgan fingerprint density at radius 3 is 2.93 bits per heavy atom. The Bertz CT molecular complexity index is 953. The SMILES string of the molecule is CC(NC(=O)c1ccco1)c1nnc2n1CCN(Cc1cccc(Cl)c1)CC2. The molecular formula is C20H22ClN5O2. The molecule has 0 saturated carbocycles. The van der Waals surface area contributed by atoms with Crippen LogP contribution < -0.4 is 5.32 Å². The first kappa shape index (κ1) is 18.7. The predicted octanol–water partition coefficient (Wildman–Crippen LogP) is 3.07. The highest BCUT2D eigenvalue weighted by Gasteiger charge is 2.23. The van der Waals surface area contributed by atoms with E-state index in [0.717, 1.165) is 49.3 Å². The van der Waals surface area contributed by atoms with Gasteiger partial charge in [-0.2, -0.15) is 0 Å². The topological polar surface area (TPSA) is 76.2 Å². The number of nitrogens with one attached hydrogen (secondary N) is 1. The summed E-state index contributed by atoms with van der Waals surface area (Å²) < 4.78 is 7.27. The van der Waals surface area contributed by atoms with Gasteiger partial charge in [-0.1, -0.05) is 23.7 Å². The first-order valence-corrected chi connectivity index (χ1v) is 9.71. The molecule has 0 aliphatic carbocycles. The molecule has 3 aromatic rings. The predicted molar refractivity (Wildman–Crippen MR) is 105 cm³/mol. The third-order valence-corrected chi connectivity index (χ3v) is 5.16. The molecule has 1 aliphatic heterocycles. The smallest absolute Gasteiger partial charge is 0.287 e. The maximum atomic E-state index is 12.2. The van der Waals surface area contributed by atoms with Gasteiger partial charge in [0.05, 0.1) is 12.3 Å². The molecule has 28 heavy (non-hydrogen) atoms. The molecule has 146 valence electrons. The highest BCUT2D eigenvalue weighted by molar-refractivity contribution is 6.30. The zero-order chi connectivity index (χ0) is 19.5. The van der Waals surface area contributed by atoms with Crippen molar-refractivity contribution < 1.29 is 9.21 Å². The first-order chi connectivity index (χ1) is 13.6. The number of rotatable bonds is 5. The van der Waals surface area contributed by atoms with E-state index in [0.29, 0.717) is 0 Å². The minimum atomic E-state index is -0.265. The zero-order valence-electron chi connectivity index (χ0n) is 15.6. The lowest BCUT2D eigenvalue weighted by atomic mass is 10.2. The number of halogens is 1. The average Bonchev–Trinajstić information content (AvgIpc) is 3.30. The highest BCUT2D eigenvalue weighted by Crippen LogP contribution is 2.18. The molecule has 4 rings (SSSR count). The van der Waals surface area contributed by atoms with Gasteiger partial charge in [-0.3, -0.25) is 9.69 Å². The van der Waals surface area contributed by atoms with E-state index >= 15 is 0 Å². The monoisotopic (exact) mass is 399 g/mol. The second kappa shape index (κ2) is 8.16. The van der Waals surface area contributed by atoms with Gasteiger partial charge in [0.15, 0.2) is 11.6 Å². The summed E-state index contributed by atoms with van der Waals surface area (Å²) in [6.45, 7) is 5.31. The Morgan fingerprint density at radius 2 is 2.14 bits per heavy atom. The lowest BCUT2D eigenvalue weighted by Crippen LogP contribution is -2.30. The van der Waals surface area contributed by atoms with Gasteiger partial charge in [0.1, 0.15) is 5.82 Å². The Hall–Kier alpha value is -2.64. The Labute approximate surface area is 168 Å². The summed E-state index contributed by atoms with van der Waals surface area (Å²) >= 11 is 6.10. The molecule has 1 amide bonds. The molecule has 1 unspecified atom stereocenters. The third kappa shape index (κ3) is 4.10. The van der Waals surface area contributed by atoms with Gasteiger partial charge in [-0.25, -0.2) is 0 Å². The van der Waals surface area contributed by atoms with E-state index in [1.165, 1.54) is 11.8 Å². The van der Waals surface area contributed by atoms with Gasteiger partial charge in [0, 0.05) is 37.6 Å². The van der Waals surface area contributed by atoms with Crippen molar-refractivity contribution >= 4 is 17.5 Å². The number of benzene rings is 1. The van der Waals surface area contributed by atoms with E-state index in [1.54, 1.807) is 12.1 Å². The standard InChI is InChI=1S/C20H22ClN5O2/c1-14(22-20(27)17-6-3-11-28-17)19-24-23-18-7-8-25(9-10-26(18)19)13-15-4-2-5-16(21)12-15/h2-6,11-12,14H,7-10,13H2,1H3,(H,22,27). The quantitative estimate of drug-likeness (QED) is 0.713. The van der Waals surface area contributed by atoms with Gasteiger partial charge in [-0.15, -0.1) is 10.2 Å². The Balaban J connectivity index is 1.42. The molecule has 7 nitrogen and oxygen atoms in total. The molecule has 1 N–H and O–H groups in total. The summed E-state index contributed by atoms with van der Waals surface area (Å²) in [7, 11) is 0. The molecule has 2 aromatic heterocycles. The van der Waals surface area contributed by atoms with Crippen LogP contribution in [-0.4, -0.2) is 38.7 Å². The minimum Gasteiger partial charge on any atom is -0.459 e. The van der Waals surface area contributed by atoms with Crippen LogP contribution in [-0.2, 0) is 19.5 Å². The van der Waals surface area contributed by atoms with E-state index in [2.05, 4.69) is 31.0 Å². The minimum absolute atomic E-state index is 0.258. The van der Waals surface area contributed by atoms with Crippen molar-refractivity contribution in [3.63, 3.8) is 0 Å². The van der Waals surface area contributed by atoms with Crippen molar-refractivity contribution in [2.45, 2.75) is 32.5 Å². The van der Waals surface area contributed by atoms with E-state index in [9.17, 15) is 4.79 Å². The van der Waals surface area contributed by atoms with Crippen LogP contribution in [0.1, 0.15) is 40.7 Å². The fraction of sp³-hybridized carbons (Fsp3) is 0.350. The number of furan rings is 1. The number of hydrogen-bond acceptors (Lipinski definition) is 5. The average molecular weight is 400 g/mol. The van der Waals surface area contributed by atoms with E-state index < -0.39 is 0 Å². The molecular weight excluding hydrogens is 378 g/mol. The summed E-state index contributed by atoms with van der Waals surface area (Å²) in [6.07, 6.45) is 2.30. The highest BCUT2D eigenvalue weighted by atomic mass is 35.5. The maximum Gasteiger partial charge on any atom is 0.287 e. The molecule has 0 bridgehead atoms. The van der Waals surface area contributed by atoms with Crippen LogP contribution in [0, 0.1) is 0 Å². The summed E-state index contributed by atoms with van der Waals surface area (Å²) in [5, 5.41) is 12.4. The first-order valence-electron chi connectivity index (χ1n) is 9.33. The van der Waals surface area contributed by atoms with E-state index in [4.69, 9.17) is 16.0 Å². The summed E-state index contributed by atoms with van der Waals surface area (Å²) in [4.78, 5) is 14.6. The van der Waals surface area contributed by atoms with Gasteiger partial charge in [0.2, 0.25) is 0 Å². The van der Waals surface area contributed by atoms with Crippen LogP contribution in [0.2, 0.25) is 5.02 Å². The van der Waals surface area contributed by atoms with E-state index in [1.807, 2.05) is 25.1 Å². The summed E-state index contributed by atoms with van der Waals surface area (Å²) in [6, 6.07) is 11.0. The molecule has 0 spiro atoms. The second-order valence-electron chi connectivity index (χ2n) is 6.95. The molecule has 1 aliphatic rings. The van der Waals surface area contributed by atoms with Gasteiger partial charge >= 0.3 is 0 Å². The fourth-order valence-corrected chi connectivity index (χ4v) is 3.71. The van der Waals surface area contributed by atoms with Crippen molar-refractivity contribution in [3.8, 4) is 0 Å². The third-order valence-electron chi connectivity index (χ3n) is 4.92. The van der Waals surface area contributed by atoms with Gasteiger partial charge in [-0.05, 0) is 36.8 Å². The summed E-state index contributed by atoms with van der Waals surface area (Å²) in [5.74, 6) is 1.74. The van der Waals surface area contributed by atoms with Crippen molar-refractivity contribution in [2.75, 3.05) is 13.1 Å². The fourth-order valence-electron chi connectivity index (χ4n) is 3.50. The van der Waals surface area contributed by atoms with Crippen LogP contribution in [0.25, 0.3) is 0 Å². The van der Waals surface area contributed by atoms with Gasteiger partial charge < -0.3 is 14.3 Å². The second-order valence-corrected chi connectivity index (χ2v) is 7.39. The van der Waals surface area contributed by atoms with Crippen molar-refractivity contribution in [2.24, 2.45) is 0 Å². The molecule has 0 fully saturated rings. The van der Waals surface area contributed by atoms with Crippen LogP contribution >= 0.6 is 11.6 Å². The van der Waals surface area contributed by atoms with Crippen LogP contribution in [0.3, 0.4) is 0 Å². The Kier molecular flexibility index (Phi) is 5.45. The number of carbonyl (C=O) groups excluding carboxylic acids is 1. The van der Waals surface area contributed by atoms with Crippen molar-refractivity contribution in [1.82, 2.24) is 25.0 Å². The van der Waals surface area contributed by atoms with Crippen LogP contribution in [0.4, 0.5) is 0 Å². The molecule has 1 atom stereocenters. The van der Waals surface area contributed by atoms with Crippen LogP contribution in [0.5, 0.6) is 0 Å². The molecule has 1 aromatic carbocycles. The number of carbonyl (C=O) groups is 1. The number of nitrogens with zero attached hydrogens (tertiary/aromatic N) is 4. The molecule has 3 heterocycles. The summed E-state index contributed by atoms with van der Waals surface area (Å²) in [5.41, 5.74) is 1.20. The number of aromatic nitrogens is 3. The number of amides is 1. The largest absolute Gasteiger partial charge is 0.459 e. The van der Waals surface area contributed by atoms with E-state index in [-0.39, 0.29) is 17.7 Å². The number of fused-ring (bicyclic) bond motifs is 1. The lowest BCUT2D eigenvalue weighted by molar-refractivity contribution is 0.0909. The maximum absolute atomic E-state index is 12.2. The van der Waals surface area contributed by atoms with Crippen molar-refractivity contribution in [3.05, 3.63) is 70.7 Å². The zero-order valence-corrected chi connectivity index (χ0v) is 16.4. The Morgan fingerprint density at radius 1 is 1.25 bits per heavy atom. The lowest BCUT2D eigenvalue weighted by Gasteiger charge is -2.20. The molecule has 0 radical (unpaired) electrons.